The summed E-state index contributed by atoms with van der Waals surface area (Å²) >= 11 is 0. The van der Waals surface area contributed by atoms with Gasteiger partial charge in [0.15, 0.2) is 5.69 Å². The minimum absolute atomic E-state index is 0.0656. The Labute approximate surface area is 114 Å². The first-order valence-electron chi connectivity index (χ1n) is 5.68. The molecule has 2 rings (SSSR count). The molecule has 0 aliphatic carbocycles. The van der Waals surface area contributed by atoms with Crippen LogP contribution in [0.4, 0.5) is 22.0 Å². The number of benzene rings is 1. The number of rotatable bonds is 3. The number of amides is 2. The van der Waals surface area contributed by atoms with Gasteiger partial charge in [-0.1, -0.05) is 18.2 Å². The lowest BCUT2D eigenvalue weighted by molar-refractivity contribution is 0.0690. The van der Waals surface area contributed by atoms with E-state index in [9.17, 15) is 9.59 Å². The Bertz CT molecular complexity index is 643. The Balaban J connectivity index is 2.10. The molecule has 7 nitrogen and oxygen atoms in total. The van der Waals surface area contributed by atoms with Gasteiger partial charge >= 0.3 is 12.0 Å². The van der Waals surface area contributed by atoms with Gasteiger partial charge in [-0.05, 0) is 18.2 Å². The van der Waals surface area contributed by atoms with Crippen LogP contribution in [0.3, 0.4) is 0 Å². The van der Waals surface area contributed by atoms with Crippen molar-refractivity contribution in [3.63, 3.8) is 0 Å². The summed E-state index contributed by atoms with van der Waals surface area (Å²) in [5.74, 6) is -1.15. The van der Waals surface area contributed by atoms with Gasteiger partial charge in [-0.25, -0.2) is 14.6 Å². The number of carbonyl (C=O) groups excluding carboxylic acids is 1. The van der Waals surface area contributed by atoms with Gasteiger partial charge in [0.2, 0.25) is 0 Å². The summed E-state index contributed by atoms with van der Waals surface area (Å²) in [6, 6.07) is 10.9. The molecular formula is C13H12N4O3. The Hall–Kier alpha value is -3.09. The number of carbonyl (C=O) groups is 2. The van der Waals surface area contributed by atoms with E-state index in [4.69, 9.17) is 10.8 Å². The Morgan fingerprint density at radius 1 is 1.10 bits per heavy atom. The SMILES string of the molecule is Nc1cc(NC(=O)Nc2ccccc2)nc(C(=O)O)c1. The molecule has 0 unspecified atom stereocenters. The maximum atomic E-state index is 11.7. The van der Waals surface area contributed by atoms with Crippen molar-refractivity contribution in [3.8, 4) is 0 Å². The molecule has 7 heteroatoms. The summed E-state index contributed by atoms with van der Waals surface area (Å²) in [4.78, 5) is 26.3. The van der Waals surface area contributed by atoms with Crippen LogP contribution >= 0.6 is 0 Å². The van der Waals surface area contributed by atoms with Gasteiger partial charge in [0.1, 0.15) is 5.82 Å². The molecule has 0 bridgehead atoms. The molecule has 0 saturated carbocycles. The Kier molecular flexibility index (Phi) is 3.80. The summed E-state index contributed by atoms with van der Waals surface area (Å²) < 4.78 is 0. The van der Waals surface area contributed by atoms with Crippen LogP contribution in [0, 0.1) is 0 Å². The number of carboxylic acids is 1. The average Bonchev–Trinajstić information content (AvgIpc) is 2.38. The molecule has 20 heavy (non-hydrogen) atoms. The standard InChI is InChI=1S/C13H12N4O3/c14-8-6-10(12(18)19)16-11(7-8)17-13(20)15-9-4-2-1-3-5-9/h1-7H,(H,18,19)(H4,14,15,16,17,20). The van der Waals surface area contributed by atoms with Crippen molar-refractivity contribution in [1.82, 2.24) is 4.98 Å². The number of carboxylic acid groups (broad SMARTS) is 1. The smallest absolute Gasteiger partial charge is 0.354 e. The van der Waals surface area contributed by atoms with Gasteiger partial charge in [0.05, 0.1) is 0 Å². The Morgan fingerprint density at radius 3 is 2.45 bits per heavy atom. The van der Waals surface area contributed by atoms with E-state index in [1.165, 1.54) is 12.1 Å². The van der Waals surface area contributed by atoms with Gasteiger partial charge in [-0.15, -0.1) is 0 Å². The van der Waals surface area contributed by atoms with Crippen molar-refractivity contribution in [3.05, 3.63) is 48.2 Å². The highest BCUT2D eigenvalue weighted by atomic mass is 16.4. The molecule has 0 aliphatic rings. The second kappa shape index (κ2) is 5.70. The van der Waals surface area contributed by atoms with Gasteiger partial charge < -0.3 is 16.2 Å². The zero-order valence-corrected chi connectivity index (χ0v) is 10.3. The molecule has 2 amide bonds. The van der Waals surface area contributed by atoms with Crippen molar-refractivity contribution < 1.29 is 14.7 Å². The fourth-order valence-corrected chi connectivity index (χ4v) is 1.53. The number of nitrogens with one attached hydrogen (secondary N) is 2. The highest BCUT2D eigenvalue weighted by molar-refractivity contribution is 5.99. The van der Waals surface area contributed by atoms with Crippen molar-refractivity contribution in [2.45, 2.75) is 0 Å². The van der Waals surface area contributed by atoms with E-state index in [1.807, 2.05) is 6.07 Å². The highest BCUT2D eigenvalue weighted by Gasteiger charge is 2.10. The molecule has 0 atom stereocenters. The van der Waals surface area contributed by atoms with E-state index in [-0.39, 0.29) is 17.2 Å². The molecule has 1 heterocycles. The zero-order chi connectivity index (χ0) is 14.5. The number of aromatic nitrogens is 1. The number of para-hydroxylation sites is 1. The second-order valence-electron chi connectivity index (χ2n) is 3.92. The molecule has 1 aromatic carbocycles. The minimum atomic E-state index is -1.22. The van der Waals surface area contributed by atoms with E-state index in [0.717, 1.165) is 0 Å². The summed E-state index contributed by atoms with van der Waals surface area (Å²) in [5.41, 5.74) is 6.12. The number of anilines is 3. The predicted molar refractivity (Wildman–Crippen MR) is 74.7 cm³/mol. The third-order valence-electron chi connectivity index (χ3n) is 2.34. The maximum Gasteiger partial charge on any atom is 0.354 e. The molecule has 1 aromatic heterocycles. The zero-order valence-electron chi connectivity index (χ0n) is 10.3. The molecule has 0 fully saturated rings. The monoisotopic (exact) mass is 272 g/mol. The summed E-state index contributed by atoms with van der Waals surface area (Å²) in [5, 5.41) is 13.9. The molecule has 0 radical (unpaired) electrons. The van der Waals surface area contributed by atoms with Gasteiger partial charge in [-0.2, -0.15) is 0 Å². The van der Waals surface area contributed by atoms with Crippen LogP contribution in [0.25, 0.3) is 0 Å². The largest absolute Gasteiger partial charge is 0.477 e. The highest BCUT2D eigenvalue weighted by Crippen LogP contribution is 2.13. The summed E-state index contributed by atoms with van der Waals surface area (Å²) in [6.45, 7) is 0. The first-order valence-corrected chi connectivity index (χ1v) is 5.68. The van der Waals surface area contributed by atoms with Crippen LogP contribution in [-0.4, -0.2) is 22.1 Å². The number of pyridine rings is 1. The van der Waals surface area contributed by atoms with Crippen LogP contribution in [-0.2, 0) is 0 Å². The predicted octanol–water partition coefficient (Wildman–Crippen LogP) is 2.01. The lowest BCUT2D eigenvalue weighted by Crippen LogP contribution is -2.20. The number of aromatic carboxylic acids is 1. The summed E-state index contributed by atoms with van der Waals surface area (Å²) in [6.07, 6.45) is 0. The summed E-state index contributed by atoms with van der Waals surface area (Å²) in [7, 11) is 0. The number of urea groups is 1. The van der Waals surface area contributed by atoms with Crippen molar-refractivity contribution in [1.29, 1.82) is 0 Å². The fraction of sp³-hybridized carbons (Fsp3) is 0. The molecule has 0 saturated heterocycles. The van der Waals surface area contributed by atoms with Gasteiger partial charge in [0.25, 0.3) is 0 Å². The van der Waals surface area contributed by atoms with Crippen molar-refractivity contribution in [2.24, 2.45) is 0 Å². The van der Waals surface area contributed by atoms with E-state index < -0.39 is 12.0 Å². The lowest BCUT2D eigenvalue weighted by atomic mass is 10.3. The number of hydrogen-bond donors (Lipinski definition) is 4. The fourth-order valence-electron chi connectivity index (χ4n) is 1.53. The quantitative estimate of drug-likeness (QED) is 0.681. The number of hydrogen-bond acceptors (Lipinski definition) is 4. The van der Waals surface area contributed by atoms with Crippen LogP contribution in [0.1, 0.15) is 10.5 Å². The van der Waals surface area contributed by atoms with Crippen LogP contribution in [0.5, 0.6) is 0 Å². The molecule has 5 N–H and O–H groups in total. The van der Waals surface area contributed by atoms with Crippen LogP contribution in [0.2, 0.25) is 0 Å². The topological polar surface area (TPSA) is 117 Å². The van der Waals surface area contributed by atoms with Gasteiger partial charge in [0, 0.05) is 17.4 Å². The van der Waals surface area contributed by atoms with Crippen molar-refractivity contribution in [2.75, 3.05) is 16.4 Å². The number of nitrogens with zero attached hydrogens (tertiary/aromatic N) is 1. The molecular weight excluding hydrogens is 260 g/mol. The van der Waals surface area contributed by atoms with E-state index >= 15 is 0 Å². The normalized spacial score (nSPS) is 9.80. The average molecular weight is 272 g/mol. The first-order chi connectivity index (χ1) is 9.54. The van der Waals surface area contributed by atoms with E-state index in [0.29, 0.717) is 5.69 Å². The third-order valence-corrected chi connectivity index (χ3v) is 2.34. The molecule has 2 aromatic rings. The first kappa shape index (κ1) is 13.3. The van der Waals surface area contributed by atoms with E-state index in [2.05, 4.69) is 15.6 Å². The second-order valence-corrected chi connectivity index (χ2v) is 3.92. The van der Waals surface area contributed by atoms with E-state index in [1.54, 1.807) is 24.3 Å². The van der Waals surface area contributed by atoms with Crippen LogP contribution < -0.4 is 16.4 Å². The van der Waals surface area contributed by atoms with Crippen LogP contribution in [0.15, 0.2) is 42.5 Å². The van der Waals surface area contributed by atoms with Crippen molar-refractivity contribution >= 4 is 29.2 Å². The third kappa shape index (κ3) is 3.45. The molecule has 0 aliphatic heterocycles. The lowest BCUT2D eigenvalue weighted by Gasteiger charge is -2.08. The number of nitrogens with two attached hydrogens (primary N) is 1. The minimum Gasteiger partial charge on any atom is -0.477 e. The molecule has 0 spiro atoms. The Morgan fingerprint density at radius 2 is 1.80 bits per heavy atom. The molecule has 102 valence electrons. The van der Waals surface area contributed by atoms with Gasteiger partial charge in [-0.3, -0.25) is 5.32 Å². The maximum absolute atomic E-state index is 11.7. The number of nitrogen functional groups attached to an aromatic ring is 1.